The van der Waals surface area contributed by atoms with Gasteiger partial charge in [0.15, 0.2) is 0 Å². The molecule has 7 heteroatoms. The first-order valence-corrected chi connectivity index (χ1v) is 11.0. The van der Waals surface area contributed by atoms with Crippen LogP contribution in [0, 0.1) is 12.7 Å². The van der Waals surface area contributed by atoms with Crippen LogP contribution in [-0.2, 0) is 6.42 Å². The largest absolute Gasteiger partial charge is 0.495 e. The van der Waals surface area contributed by atoms with Crippen LogP contribution in [0.2, 0.25) is 0 Å². The molecule has 0 unspecified atom stereocenters. The first kappa shape index (κ1) is 21.1. The topological polar surface area (TPSA) is 58.6 Å². The molecule has 2 amide bonds. The molecule has 0 bridgehead atoms. The third-order valence-electron chi connectivity index (χ3n) is 5.50. The Bertz CT molecular complexity index is 1140. The van der Waals surface area contributed by atoms with Crippen LogP contribution in [0.3, 0.4) is 0 Å². The number of rotatable bonds is 4. The Hall–Kier alpha value is -3.19. The molecule has 0 saturated heterocycles. The van der Waals surface area contributed by atoms with Crippen LogP contribution in [0.4, 0.5) is 15.8 Å². The number of carbonyl (C=O) groups is 2. The van der Waals surface area contributed by atoms with Crippen molar-refractivity contribution in [2.24, 2.45) is 0 Å². The molecule has 4 rings (SSSR count). The second-order valence-corrected chi connectivity index (χ2v) is 8.43. The van der Waals surface area contributed by atoms with Gasteiger partial charge in [-0.05, 0) is 73.5 Å². The highest BCUT2D eigenvalue weighted by atomic mass is 32.1. The number of nitrogens with zero attached hydrogens (tertiary/aromatic N) is 1. The molecule has 1 aliphatic heterocycles. The van der Waals surface area contributed by atoms with Crippen molar-refractivity contribution in [2.75, 3.05) is 23.9 Å². The third kappa shape index (κ3) is 4.18. The molecule has 0 fully saturated rings. The molecule has 2 heterocycles. The number of methoxy groups -OCH3 is 1. The van der Waals surface area contributed by atoms with E-state index in [-0.39, 0.29) is 17.0 Å². The Kier molecular flexibility index (Phi) is 6.04. The minimum atomic E-state index is -0.440. The van der Waals surface area contributed by atoms with Gasteiger partial charge in [-0.2, -0.15) is 0 Å². The summed E-state index contributed by atoms with van der Waals surface area (Å²) in [5.74, 6) is -0.608. The molecule has 1 N–H and O–H groups in total. The zero-order valence-corrected chi connectivity index (χ0v) is 18.2. The smallest absolute Gasteiger partial charge is 0.258 e. The Morgan fingerprint density at radius 1 is 1.16 bits per heavy atom. The average molecular weight is 439 g/mol. The summed E-state index contributed by atoms with van der Waals surface area (Å²) >= 11 is 1.68. The van der Waals surface area contributed by atoms with E-state index in [0.29, 0.717) is 23.5 Å². The number of amides is 2. The number of hydrogen-bond acceptors (Lipinski definition) is 4. The summed E-state index contributed by atoms with van der Waals surface area (Å²) in [6, 6.07) is 11.3. The van der Waals surface area contributed by atoms with Crippen molar-refractivity contribution in [1.29, 1.82) is 0 Å². The predicted octanol–water partition coefficient (Wildman–Crippen LogP) is 5.44. The molecule has 0 radical (unpaired) electrons. The molecular formula is C24H23FN2O3S. The predicted molar refractivity (Wildman–Crippen MR) is 121 cm³/mol. The lowest BCUT2D eigenvalue weighted by Gasteiger charge is -2.22. The number of ether oxygens (including phenoxy) is 1. The van der Waals surface area contributed by atoms with Gasteiger partial charge < -0.3 is 15.0 Å². The molecular weight excluding hydrogens is 415 g/mol. The van der Waals surface area contributed by atoms with Crippen LogP contribution in [-0.4, -0.2) is 25.5 Å². The Morgan fingerprint density at radius 3 is 2.81 bits per heavy atom. The SMILES string of the molecule is COc1cc(C(=O)N2CCCCc3sccc32)ccc1NC(=O)c1cccc(F)c1C. The van der Waals surface area contributed by atoms with Crippen molar-refractivity contribution < 1.29 is 18.7 Å². The number of nitrogens with one attached hydrogen (secondary N) is 1. The maximum atomic E-state index is 13.8. The highest BCUT2D eigenvalue weighted by molar-refractivity contribution is 7.10. The number of halogens is 1. The van der Waals surface area contributed by atoms with Gasteiger partial charge in [-0.3, -0.25) is 9.59 Å². The molecule has 31 heavy (non-hydrogen) atoms. The van der Waals surface area contributed by atoms with E-state index in [0.717, 1.165) is 24.9 Å². The van der Waals surface area contributed by atoms with E-state index >= 15 is 0 Å². The fraction of sp³-hybridized carbons (Fsp3) is 0.250. The highest BCUT2D eigenvalue weighted by Crippen LogP contribution is 2.33. The number of carbonyl (C=O) groups excluding carboxylic acids is 2. The number of fused-ring (bicyclic) bond motifs is 1. The summed E-state index contributed by atoms with van der Waals surface area (Å²) in [6.07, 6.45) is 3.00. The summed E-state index contributed by atoms with van der Waals surface area (Å²) in [4.78, 5) is 29.0. The second-order valence-electron chi connectivity index (χ2n) is 7.42. The van der Waals surface area contributed by atoms with Gasteiger partial charge in [-0.1, -0.05) is 6.07 Å². The van der Waals surface area contributed by atoms with Gasteiger partial charge in [0.25, 0.3) is 11.8 Å². The summed E-state index contributed by atoms with van der Waals surface area (Å²) in [5, 5.41) is 4.78. The third-order valence-corrected chi connectivity index (χ3v) is 6.47. The van der Waals surface area contributed by atoms with Gasteiger partial charge in [0.1, 0.15) is 11.6 Å². The van der Waals surface area contributed by atoms with Crippen LogP contribution >= 0.6 is 11.3 Å². The van der Waals surface area contributed by atoms with E-state index in [1.54, 1.807) is 42.5 Å². The summed E-state index contributed by atoms with van der Waals surface area (Å²) in [7, 11) is 1.48. The molecule has 3 aromatic rings. The molecule has 160 valence electrons. The quantitative estimate of drug-likeness (QED) is 0.590. The molecule has 0 saturated carbocycles. The van der Waals surface area contributed by atoms with E-state index < -0.39 is 11.7 Å². The molecule has 1 aliphatic rings. The molecule has 2 aromatic carbocycles. The van der Waals surface area contributed by atoms with Crippen LogP contribution in [0.15, 0.2) is 47.8 Å². The maximum Gasteiger partial charge on any atom is 0.258 e. The standard InChI is InChI=1S/C24H23FN2O3S/c1-15-17(6-5-7-18(15)25)23(28)26-19-10-9-16(14-21(19)30-2)24(29)27-12-4-3-8-22-20(27)11-13-31-22/h5-7,9-11,13-14H,3-4,8,12H2,1-2H3,(H,26,28). The maximum absolute atomic E-state index is 13.8. The fourth-order valence-electron chi connectivity index (χ4n) is 3.77. The van der Waals surface area contributed by atoms with Crippen molar-refractivity contribution >= 4 is 34.5 Å². The van der Waals surface area contributed by atoms with E-state index in [4.69, 9.17) is 4.74 Å². The Morgan fingerprint density at radius 2 is 2.00 bits per heavy atom. The zero-order valence-electron chi connectivity index (χ0n) is 17.4. The van der Waals surface area contributed by atoms with E-state index in [2.05, 4.69) is 5.32 Å². The van der Waals surface area contributed by atoms with Gasteiger partial charge >= 0.3 is 0 Å². The van der Waals surface area contributed by atoms with Gasteiger partial charge in [0.05, 0.1) is 18.5 Å². The fourth-order valence-corrected chi connectivity index (χ4v) is 4.70. The number of aryl methyl sites for hydroxylation is 1. The van der Waals surface area contributed by atoms with Crippen molar-refractivity contribution in [3.05, 3.63) is 75.2 Å². The Balaban J connectivity index is 1.59. The summed E-state index contributed by atoms with van der Waals surface area (Å²) in [5.41, 5.74) is 2.40. The first-order chi connectivity index (χ1) is 15.0. The van der Waals surface area contributed by atoms with Crippen molar-refractivity contribution in [3.63, 3.8) is 0 Å². The summed E-state index contributed by atoms with van der Waals surface area (Å²) in [6.45, 7) is 2.23. The van der Waals surface area contributed by atoms with Crippen LogP contribution < -0.4 is 15.0 Å². The molecule has 0 aliphatic carbocycles. The van der Waals surface area contributed by atoms with Crippen molar-refractivity contribution in [3.8, 4) is 5.75 Å². The van der Waals surface area contributed by atoms with Crippen LogP contribution in [0.1, 0.15) is 44.0 Å². The first-order valence-electron chi connectivity index (χ1n) is 10.1. The average Bonchev–Trinajstić information content (AvgIpc) is 3.14. The normalized spacial score (nSPS) is 13.3. The lowest BCUT2D eigenvalue weighted by atomic mass is 10.1. The molecule has 0 atom stereocenters. The van der Waals surface area contributed by atoms with Crippen LogP contribution in [0.5, 0.6) is 5.75 Å². The minimum absolute atomic E-state index is 0.0984. The lowest BCUT2D eigenvalue weighted by Crippen LogP contribution is -2.31. The minimum Gasteiger partial charge on any atom is -0.495 e. The van der Waals surface area contributed by atoms with E-state index in [1.807, 2.05) is 16.3 Å². The number of benzene rings is 2. The van der Waals surface area contributed by atoms with E-state index in [1.165, 1.54) is 24.1 Å². The van der Waals surface area contributed by atoms with Gasteiger partial charge in [-0.25, -0.2) is 4.39 Å². The van der Waals surface area contributed by atoms with Crippen molar-refractivity contribution in [2.45, 2.75) is 26.2 Å². The Labute approximate surface area is 184 Å². The zero-order chi connectivity index (χ0) is 22.0. The highest BCUT2D eigenvalue weighted by Gasteiger charge is 2.24. The number of anilines is 2. The molecule has 5 nitrogen and oxygen atoms in total. The second kappa shape index (κ2) is 8.89. The van der Waals surface area contributed by atoms with Gasteiger partial charge in [0.2, 0.25) is 0 Å². The lowest BCUT2D eigenvalue weighted by molar-refractivity contribution is 0.0985. The summed E-state index contributed by atoms with van der Waals surface area (Å²) < 4.78 is 19.2. The van der Waals surface area contributed by atoms with E-state index in [9.17, 15) is 14.0 Å². The number of thiophene rings is 1. The monoisotopic (exact) mass is 438 g/mol. The van der Waals surface area contributed by atoms with Crippen molar-refractivity contribution in [1.82, 2.24) is 0 Å². The molecule has 1 aromatic heterocycles. The molecule has 0 spiro atoms. The van der Waals surface area contributed by atoms with Crippen LogP contribution in [0.25, 0.3) is 0 Å². The number of hydrogen-bond donors (Lipinski definition) is 1. The van der Waals surface area contributed by atoms with Gasteiger partial charge in [-0.15, -0.1) is 11.3 Å². The van der Waals surface area contributed by atoms with Gasteiger partial charge in [0, 0.05) is 22.5 Å².